The van der Waals surface area contributed by atoms with Gasteiger partial charge in [0.1, 0.15) is 6.07 Å². The molecular formula is C54H30F3N11. The number of halogens is 3. The molecule has 68 heavy (non-hydrogen) atoms. The second kappa shape index (κ2) is 15.9. The molecule has 0 spiro atoms. The minimum Gasteiger partial charge on any atom is -0.309 e. The highest BCUT2D eigenvalue weighted by Crippen LogP contribution is 2.45. The first-order valence-corrected chi connectivity index (χ1v) is 21.3. The highest BCUT2D eigenvalue weighted by molar-refractivity contribution is 6.13. The van der Waals surface area contributed by atoms with Gasteiger partial charge in [-0.1, -0.05) is 18.2 Å². The van der Waals surface area contributed by atoms with Crippen LogP contribution in [0, 0.1) is 11.3 Å². The molecule has 0 amide bonds. The van der Waals surface area contributed by atoms with Gasteiger partial charge in [0.05, 0.1) is 44.6 Å². The average molecular weight is 890 g/mol. The van der Waals surface area contributed by atoms with Gasteiger partial charge in [0.25, 0.3) is 0 Å². The van der Waals surface area contributed by atoms with Crippen molar-refractivity contribution in [3.63, 3.8) is 0 Å². The van der Waals surface area contributed by atoms with Gasteiger partial charge in [0.15, 0.2) is 23.3 Å². The van der Waals surface area contributed by atoms with Crippen molar-refractivity contribution in [1.29, 1.82) is 5.26 Å². The molecule has 0 aliphatic carbocycles. The van der Waals surface area contributed by atoms with Crippen LogP contribution in [-0.2, 0) is 6.18 Å². The number of nitrogens with zero attached hydrogens (tertiary/aromatic N) is 11. The molecule has 6 aromatic heterocycles. The lowest BCUT2D eigenvalue weighted by Gasteiger charge is -2.21. The molecule has 0 fully saturated rings. The Morgan fingerprint density at radius 3 is 1.09 bits per heavy atom. The quantitative estimate of drug-likeness (QED) is 0.153. The Bertz CT molecular complexity index is 3770. The first-order valence-electron chi connectivity index (χ1n) is 21.3. The molecular weight excluding hydrogens is 860 g/mol. The molecule has 0 unspecified atom stereocenters. The van der Waals surface area contributed by atoms with Gasteiger partial charge in [0.2, 0.25) is 0 Å². The fourth-order valence-electron chi connectivity index (χ4n) is 9.13. The third-order valence-electron chi connectivity index (χ3n) is 12.1. The molecule has 11 nitrogen and oxygen atoms in total. The Morgan fingerprint density at radius 1 is 0.382 bits per heavy atom. The molecule has 0 bridgehead atoms. The van der Waals surface area contributed by atoms with E-state index in [1.807, 2.05) is 81.9 Å². The maximum atomic E-state index is 15.3. The summed E-state index contributed by atoms with van der Waals surface area (Å²) in [4.78, 5) is 36.0. The molecule has 0 aliphatic rings. The van der Waals surface area contributed by atoms with Crippen molar-refractivity contribution in [2.45, 2.75) is 6.18 Å². The number of rotatable bonds is 7. The van der Waals surface area contributed by atoms with Gasteiger partial charge < -0.3 is 9.13 Å². The number of alkyl halides is 3. The standard InChI is InChI=1S/C54H30F3N11/c55-54(56,57)43-8-2-1-7-37(43)42-30-48(67-44-13-9-32(50-59-17-3-18-60-50)25-38(44)39-26-33(10-14-45(39)67)51-61-19-4-20-62-51)36(31-58)29-49(42)68-46-15-11-34(52-63-21-5-22-64-52)27-40(46)41-28-35(12-16-47(41)68)53-65-23-6-24-66-53/h1-30H. The lowest BCUT2D eigenvalue weighted by molar-refractivity contribution is -0.137. The van der Waals surface area contributed by atoms with Crippen molar-refractivity contribution in [2.75, 3.05) is 0 Å². The molecule has 12 aromatic rings. The Morgan fingerprint density at radius 2 is 0.735 bits per heavy atom. The second-order valence-corrected chi connectivity index (χ2v) is 15.9. The van der Waals surface area contributed by atoms with Crippen molar-refractivity contribution < 1.29 is 13.2 Å². The molecule has 0 radical (unpaired) electrons. The summed E-state index contributed by atoms with van der Waals surface area (Å²) in [5.74, 6) is 2.05. The SMILES string of the molecule is N#Cc1cc(-n2c3ccc(-c4ncccn4)cc3c3cc(-c4ncccn4)ccc32)c(-c2ccccc2C(F)(F)F)cc1-n1c2ccc(-c3ncccn3)cc2c2cc(-c3ncccn3)ccc21. The molecule has 0 atom stereocenters. The van der Waals surface area contributed by atoms with E-state index in [1.165, 1.54) is 12.1 Å². The smallest absolute Gasteiger partial charge is 0.309 e. The summed E-state index contributed by atoms with van der Waals surface area (Å²) in [6.07, 6.45) is 8.63. The summed E-state index contributed by atoms with van der Waals surface area (Å²) in [5.41, 5.74) is 6.06. The summed E-state index contributed by atoms with van der Waals surface area (Å²) in [6, 6.07) is 41.5. The monoisotopic (exact) mass is 889 g/mol. The third-order valence-corrected chi connectivity index (χ3v) is 12.1. The van der Waals surface area contributed by atoms with Crippen LogP contribution in [0.2, 0.25) is 0 Å². The zero-order chi connectivity index (χ0) is 45.9. The number of benzene rings is 6. The van der Waals surface area contributed by atoms with E-state index in [0.29, 0.717) is 56.7 Å². The minimum absolute atomic E-state index is 0.0628. The van der Waals surface area contributed by atoms with Crippen molar-refractivity contribution in [1.82, 2.24) is 49.0 Å². The van der Waals surface area contributed by atoms with Gasteiger partial charge in [0, 0.05) is 98.9 Å². The van der Waals surface area contributed by atoms with Crippen LogP contribution in [0.15, 0.2) is 183 Å². The van der Waals surface area contributed by atoms with Gasteiger partial charge in [-0.25, -0.2) is 39.9 Å². The number of hydrogen-bond acceptors (Lipinski definition) is 9. The van der Waals surface area contributed by atoms with Crippen molar-refractivity contribution in [3.05, 3.63) is 194 Å². The van der Waals surface area contributed by atoms with E-state index in [2.05, 4.69) is 45.9 Å². The van der Waals surface area contributed by atoms with E-state index in [0.717, 1.165) is 49.9 Å². The van der Waals surface area contributed by atoms with Crippen LogP contribution in [0.1, 0.15) is 11.1 Å². The van der Waals surface area contributed by atoms with E-state index in [-0.39, 0.29) is 16.7 Å². The van der Waals surface area contributed by atoms with E-state index in [9.17, 15) is 5.26 Å². The van der Waals surface area contributed by atoms with E-state index in [1.54, 1.807) is 92.0 Å². The minimum atomic E-state index is -4.73. The lowest BCUT2D eigenvalue weighted by atomic mass is 9.95. The predicted octanol–water partition coefficient (Wildman–Crippen LogP) is 12.3. The van der Waals surface area contributed by atoms with E-state index < -0.39 is 11.7 Å². The fraction of sp³-hybridized carbons (Fsp3) is 0.0185. The molecule has 12 rings (SSSR count). The maximum Gasteiger partial charge on any atom is 0.417 e. The highest BCUT2D eigenvalue weighted by Gasteiger charge is 2.35. The predicted molar refractivity (Wildman–Crippen MR) is 254 cm³/mol. The Hall–Kier alpha value is -9.48. The topological polar surface area (TPSA) is 137 Å². The first-order chi connectivity index (χ1) is 33.3. The summed E-state index contributed by atoms with van der Waals surface area (Å²) in [7, 11) is 0. The number of nitriles is 1. The van der Waals surface area contributed by atoms with E-state index >= 15 is 13.2 Å². The van der Waals surface area contributed by atoms with Gasteiger partial charge in [-0.3, -0.25) is 0 Å². The van der Waals surface area contributed by atoms with Crippen molar-refractivity contribution >= 4 is 43.6 Å². The second-order valence-electron chi connectivity index (χ2n) is 15.9. The maximum absolute atomic E-state index is 15.3. The third kappa shape index (κ3) is 6.68. The summed E-state index contributed by atoms with van der Waals surface area (Å²) in [6.45, 7) is 0. The fourth-order valence-corrected chi connectivity index (χ4v) is 9.13. The summed E-state index contributed by atoms with van der Waals surface area (Å²) < 4.78 is 49.8. The van der Waals surface area contributed by atoms with Crippen LogP contribution in [0.4, 0.5) is 13.2 Å². The number of aromatic nitrogens is 10. The summed E-state index contributed by atoms with van der Waals surface area (Å²) >= 11 is 0. The zero-order valence-corrected chi connectivity index (χ0v) is 35.4. The Kier molecular flexibility index (Phi) is 9.36. The molecule has 0 saturated carbocycles. The molecule has 322 valence electrons. The van der Waals surface area contributed by atoms with Crippen LogP contribution in [0.5, 0.6) is 0 Å². The first kappa shape index (κ1) is 40.1. The van der Waals surface area contributed by atoms with Crippen LogP contribution < -0.4 is 0 Å². The van der Waals surface area contributed by atoms with Gasteiger partial charge in [-0.05, 0) is 121 Å². The highest BCUT2D eigenvalue weighted by atomic mass is 19.4. The Balaban J connectivity index is 1.18. The summed E-state index contributed by atoms with van der Waals surface area (Å²) in [5, 5.41) is 14.4. The number of hydrogen-bond donors (Lipinski definition) is 0. The van der Waals surface area contributed by atoms with Crippen molar-refractivity contribution in [3.8, 4) is 74.1 Å². The van der Waals surface area contributed by atoms with Gasteiger partial charge >= 0.3 is 6.18 Å². The van der Waals surface area contributed by atoms with E-state index in [4.69, 9.17) is 0 Å². The largest absolute Gasteiger partial charge is 0.417 e. The molecule has 0 N–H and O–H groups in total. The molecule has 6 aromatic carbocycles. The van der Waals surface area contributed by atoms with Crippen LogP contribution in [0.25, 0.3) is 112 Å². The van der Waals surface area contributed by atoms with Gasteiger partial charge in [-0.2, -0.15) is 18.4 Å². The molecule has 14 heteroatoms. The zero-order valence-electron chi connectivity index (χ0n) is 35.4. The molecule has 6 heterocycles. The van der Waals surface area contributed by atoms with Gasteiger partial charge in [-0.15, -0.1) is 0 Å². The van der Waals surface area contributed by atoms with Crippen LogP contribution in [0.3, 0.4) is 0 Å². The molecule has 0 saturated heterocycles. The van der Waals surface area contributed by atoms with Crippen molar-refractivity contribution in [2.24, 2.45) is 0 Å². The van der Waals surface area contributed by atoms with Crippen LogP contribution >= 0.6 is 0 Å². The average Bonchev–Trinajstić information content (AvgIpc) is 3.90. The lowest BCUT2D eigenvalue weighted by Crippen LogP contribution is -2.09. The van der Waals surface area contributed by atoms with Crippen LogP contribution in [-0.4, -0.2) is 49.0 Å². The Labute approximate surface area is 384 Å². The normalized spacial score (nSPS) is 11.7. The molecule has 0 aliphatic heterocycles. The number of fused-ring (bicyclic) bond motifs is 6.